The highest BCUT2D eigenvalue weighted by molar-refractivity contribution is 9.10. The highest BCUT2D eigenvalue weighted by Crippen LogP contribution is 2.24. The molecule has 0 aliphatic rings. The number of halogens is 1. The zero-order valence-electron chi connectivity index (χ0n) is 7.33. The molecule has 0 spiro atoms. The fourth-order valence-corrected chi connectivity index (χ4v) is 1.93. The highest BCUT2D eigenvalue weighted by atomic mass is 79.9. The van der Waals surface area contributed by atoms with Crippen molar-refractivity contribution in [3.8, 4) is 0 Å². The molecular formula is C10H10BrNO. The van der Waals surface area contributed by atoms with Gasteiger partial charge in [0.2, 0.25) is 0 Å². The van der Waals surface area contributed by atoms with E-state index >= 15 is 0 Å². The maximum absolute atomic E-state index is 5.08. The molecule has 0 N–H and O–H groups in total. The van der Waals surface area contributed by atoms with Crippen LogP contribution in [0.4, 0.5) is 0 Å². The molecule has 2 aromatic rings. The van der Waals surface area contributed by atoms with E-state index in [9.17, 15) is 0 Å². The Hall–Kier alpha value is -0.800. The Labute approximate surface area is 85.2 Å². The summed E-state index contributed by atoms with van der Waals surface area (Å²) in [5, 5.41) is 1.22. The third-order valence-corrected chi connectivity index (χ3v) is 2.72. The van der Waals surface area contributed by atoms with E-state index in [0.717, 1.165) is 4.47 Å². The number of fused-ring (bicyclic) bond motifs is 1. The van der Waals surface area contributed by atoms with E-state index in [4.69, 9.17) is 4.74 Å². The largest absolute Gasteiger partial charge is 0.364 e. The molecule has 1 aromatic heterocycles. The van der Waals surface area contributed by atoms with Gasteiger partial charge < -0.3 is 9.30 Å². The van der Waals surface area contributed by atoms with E-state index in [1.165, 1.54) is 10.9 Å². The molecule has 68 valence electrons. The molecule has 2 nitrogen and oxygen atoms in total. The molecule has 0 atom stereocenters. The standard InChI is InChI=1S/C10H10BrNO/c1-13-7-12-6-5-8-9(11)3-2-4-10(8)12/h2-6H,7H2,1H3. The Bertz CT molecular complexity index is 422. The summed E-state index contributed by atoms with van der Waals surface area (Å²) in [4.78, 5) is 0. The van der Waals surface area contributed by atoms with Gasteiger partial charge in [-0.25, -0.2) is 0 Å². The summed E-state index contributed by atoms with van der Waals surface area (Å²) < 4.78 is 8.28. The van der Waals surface area contributed by atoms with Gasteiger partial charge in [0.15, 0.2) is 0 Å². The van der Waals surface area contributed by atoms with E-state index < -0.39 is 0 Å². The van der Waals surface area contributed by atoms with Crippen LogP contribution in [0.5, 0.6) is 0 Å². The van der Waals surface area contributed by atoms with Gasteiger partial charge in [0.1, 0.15) is 6.73 Å². The fourth-order valence-electron chi connectivity index (χ4n) is 1.44. The van der Waals surface area contributed by atoms with Crippen LogP contribution in [0, 0.1) is 0 Å². The summed E-state index contributed by atoms with van der Waals surface area (Å²) in [6, 6.07) is 8.23. The molecule has 0 aliphatic carbocycles. The molecule has 1 heterocycles. The SMILES string of the molecule is COCn1ccc2c(Br)cccc21. The minimum Gasteiger partial charge on any atom is -0.364 e. The number of hydrogen-bond acceptors (Lipinski definition) is 1. The van der Waals surface area contributed by atoms with Gasteiger partial charge in [-0.15, -0.1) is 0 Å². The first-order valence-corrected chi connectivity index (χ1v) is 4.84. The quantitative estimate of drug-likeness (QED) is 0.786. The monoisotopic (exact) mass is 239 g/mol. The van der Waals surface area contributed by atoms with Crippen LogP contribution in [0.3, 0.4) is 0 Å². The summed E-state index contributed by atoms with van der Waals surface area (Å²) in [5.41, 5.74) is 1.19. The number of methoxy groups -OCH3 is 1. The van der Waals surface area contributed by atoms with E-state index in [-0.39, 0.29) is 0 Å². The minimum absolute atomic E-state index is 0.597. The smallest absolute Gasteiger partial charge is 0.122 e. The van der Waals surface area contributed by atoms with Crippen molar-refractivity contribution in [1.82, 2.24) is 4.57 Å². The van der Waals surface area contributed by atoms with E-state index in [1.807, 2.05) is 18.3 Å². The number of hydrogen-bond donors (Lipinski definition) is 0. The summed E-state index contributed by atoms with van der Waals surface area (Å²) in [6.45, 7) is 0.597. The number of nitrogens with zero attached hydrogens (tertiary/aromatic N) is 1. The van der Waals surface area contributed by atoms with Crippen molar-refractivity contribution in [2.45, 2.75) is 6.73 Å². The third-order valence-electron chi connectivity index (χ3n) is 2.03. The Balaban J connectivity index is 2.61. The lowest BCUT2D eigenvalue weighted by atomic mass is 10.2. The minimum atomic E-state index is 0.597. The van der Waals surface area contributed by atoms with Crippen LogP contribution in [0.15, 0.2) is 34.9 Å². The summed E-state index contributed by atoms with van der Waals surface area (Å²) in [6.07, 6.45) is 2.03. The average molecular weight is 240 g/mol. The number of ether oxygens (including phenoxy) is 1. The summed E-state index contributed by atoms with van der Waals surface area (Å²) in [7, 11) is 1.70. The maximum Gasteiger partial charge on any atom is 0.122 e. The van der Waals surface area contributed by atoms with E-state index in [0.29, 0.717) is 6.73 Å². The van der Waals surface area contributed by atoms with Crippen molar-refractivity contribution < 1.29 is 4.74 Å². The van der Waals surface area contributed by atoms with E-state index in [2.05, 4.69) is 32.6 Å². The first-order chi connectivity index (χ1) is 6.33. The van der Waals surface area contributed by atoms with Crippen molar-refractivity contribution in [2.75, 3.05) is 7.11 Å². The lowest BCUT2D eigenvalue weighted by Crippen LogP contribution is -1.96. The van der Waals surface area contributed by atoms with Crippen LogP contribution in [0.25, 0.3) is 10.9 Å². The van der Waals surface area contributed by atoms with Crippen LogP contribution in [0.2, 0.25) is 0 Å². The molecule has 0 fully saturated rings. The van der Waals surface area contributed by atoms with Gasteiger partial charge in [-0.2, -0.15) is 0 Å². The van der Waals surface area contributed by atoms with Gasteiger partial charge >= 0.3 is 0 Å². The fraction of sp³-hybridized carbons (Fsp3) is 0.200. The first kappa shape index (κ1) is 8.78. The van der Waals surface area contributed by atoms with Gasteiger partial charge in [-0.3, -0.25) is 0 Å². The van der Waals surface area contributed by atoms with Crippen LogP contribution < -0.4 is 0 Å². The Morgan fingerprint density at radius 2 is 2.23 bits per heavy atom. The van der Waals surface area contributed by atoms with Crippen LogP contribution >= 0.6 is 15.9 Å². The summed E-state index contributed by atoms with van der Waals surface area (Å²) >= 11 is 3.51. The van der Waals surface area contributed by atoms with Crippen LogP contribution in [-0.4, -0.2) is 11.7 Å². The molecule has 1 aromatic carbocycles. The predicted molar refractivity (Wildman–Crippen MR) is 56.6 cm³/mol. The van der Waals surface area contributed by atoms with Gasteiger partial charge in [-0.05, 0) is 18.2 Å². The zero-order chi connectivity index (χ0) is 9.26. The highest BCUT2D eigenvalue weighted by Gasteiger charge is 2.01. The average Bonchev–Trinajstić information content (AvgIpc) is 2.51. The van der Waals surface area contributed by atoms with Gasteiger partial charge in [-0.1, -0.05) is 22.0 Å². The van der Waals surface area contributed by atoms with Gasteiger partial charge in [0.25, 0.3) is 0 Å². The molecular weight excluding hydrogens is 230 g/mol. The molecule has 3 heteroatoms. The Morgan fingerprint density at radius 1 is 1.38 bits per heavy atom. The van der Waals surface area contributed by atoms with Crippen molar-refractivity contribution in [2.24, 2.45) is 0 Å². The molecule has 0 bridgehead atoms. The lowest BCUT2D eigenvalue weighted by Gasteiger charge is -2.02. The molecule has 13 heavy (non-hydrogen) atoms. The number of rotatable bonds is 2. The second kappa shape index (κ2) is 3.52. The number of benzene rings is 1. The summed E-state index contributed by atoms with van der Waals surface area (Å²) in [5.74, 6) is 0. The van der Waals surface area contributed by atoms with Gasteiger partial charge in [0, 0.05) is 23.2 Å². The third kappa shape index (κ3) is 1.49. The molecule has 0 aliphatic heterocycles. The van der Waals surface area contributed by atoms with Crippen molar-refractivity contribution in [3.05, 3.63) is 34.9 Å². The molecule has 2 rings (SSSR count). The molecule has 0 saturated carbocycles. The second-order valence-corrected chi connectivity index (χ2v) is 3.73. The normalized spacial score (nSPS) is 10.9. The van der Waals surface area contributed by atoms with Crippen LogP contribution in [-0.2, 0) is 11.5 Å². The van der Waals surface area contributed by atoms with Crippen molar-refractivity contribution >= 4 is 26.8 Å². The van der Waals surface area contributed by atoms with Crippen molar-refractivity contribution in [3.63, 3.8) is 0 Å². The lowest BCUT2D eigenvalue weighted by molar-refractivity contribution is 0.135. The maximum atomic E-state index is 5.08. The van der Waals surface area contributed by atoms with Crippen LogP contribution in [0.1, 0.15) is 0 Å². The molecule has 0 radical (unpaired) electrons. The molecule has 0 saturated heterocycles. The van der Waals surface area contributed by atoms with Crippen molar-refractivity contribution in [1.29, 1.82) is 0 Å². The van der Waals surface area contributed by atoms with E-state index in [1.54, 1.807) is 7.11 Å². The molecule has 0 amide bonds. The van der Waals surface area contributed by atoms with Gasteiger partial charge in [0.05, 0.1) is 5.52 Å². The number of aromatic nitrogens is 1. The second-order valence-electron chi connectivity index (χ2n) is 2.88. The predicted octanol–water partition coefficient (Wildman–Crippen LogP) is 3.01. The topological polar surface area (TPSA) is 14.2 Å². The molecule has 0 unspecified atom stereocenters. The Morgan fingerprint density at radius 3 is 3.00 bits per heavy atom. The first-order valence-electron chi connectivity index (χ1n) is 4.05. The Kier molecular flexibility index (Phi) is 2.38. The zero-order valence-corrected chi connectivity index (χ0v) is 8.91.